The fourth-order valence-corrected chi connectivity index (χ4v) is 4.31. The lowest BCUT2D eigenvalue weighted by atomic mass is 10.1. The lowest BCUT2D eigenvalue weighted by molar-refractivity contribution is 0.0473. The number of sulfonamides is 1. The normalized spacial score (nSPS) is 11.3. The van der Waals surface area contributed by atoms with Crippen LogP contribution in [0, 0.1) is 12.7 Å². The van der Waals surface area contributed by atoms with Gasteiger partial charge in [0.05, 0.1) is 10.5 Å². The van der Waals surface area contributed by atoms with Gasteiger partial charge in [-0.05, 0) is 61.0 Å². The van der Waals surface area contributed by atoms with E-state index in [0.717, 1.165) is 17.7 Å². The number of carbonyl (C=O) groups excluding carboxylic acids is 1. The number of fused-ring (bicyclic) bond motifs is 1. The molecule has 0 aliphatic rings. The van der Waals surface area contributed by atoms with Crippen LogP contribution in [0.3, 0.4) is 0 Å². The minimum absolute atomic E-state index is 0.0140. The number of carbonyl (C=O) groups is 1. The van der Waals surface area contributed by atoms with Gasteiger partial charge >= 0.3 is 11.6 Å². The maximum absolute atomic E-state index is 13.1. The summed E-state index contributed by atoms with van der Waals surface area (Å²) in [7, 11) is -4.02. The number of esters is 1. The summed E-state index contributed by atoms with van der Waals surface area (Å²) in [5.74, 6) is -1.26. The van der Waals surface area contributed by atoms with E-state index >= 15 is 0 Å². The van der Waals surface area contributed by atoms with Gasteiger partial charge in [-0.1, -0.05) is 18.2 Å². The van der Waals surface area contributed by atoms with Crippen molar-refractivity contribution in [1.29, 1.82) is 0 Å². The van der Waals surface area contributed by atoms with Crippen LogP contribution in [-0.2, 0) is 21.4 Å². The summed E-state index contributed by atoms with van der Waals surface area (Å²) in [6, 6.07) is 16.7. The molecule has 0 unspecified atom stereocenters. The van der Waals surface area contributed by atoms with Gasteiger partial charge in [-0.3, -0.25) is 4.72 Å². The number of ether oxygens (including phenoxy) is 1. The zero-order valence-corrected chi connectivity index (χ0v) is 18.2. The lowest BCUT2D eigenvalue weighted by Crippen LogP contribution is -2.14. The standard InChI is InChI=1S/C24H18FNO6S/c1-15-5-10-21-17(13-23(27)32-22(21)11-15)14-31-24(28)16-3-2-4-20(12-16)33(29,30)26-19-8-6-18(25)7-9-19/h2-13,26H,14H2,1H3. The van der Waals surface area contributed by atoms with E-state index in [-0.39, 0.29) is 22.8 Å². The SMILES string of the molecule is Cc1ccc2c(COC(=O)c3cccc(S(=O)(=O)Nc4ccc(F)cc4)c3)cc(=O)oc2c1. The van der Waals surface area contributed by atoms with Crippen molar-refractivity contribution in [3.63, 3.8) is 0 Å². The van der Waals surface area contributed by atoms with Crippen LogP contribution >= 0.6 is 0 Å². The maximum Gasteiger partial charge on any atom is 0.338 e. The van der Waals surface area contributed by atoms with Crippen LogP contribution in [0.2, 0.25) is 0 Å². The zero-order chi connectivity index (χ0) is 23.6. The molecule has 0 aliphatic carbocycles. The Balaban J connectivity index is 1.53. The van der Waals surface area contributed by atoms with Gasteiger partial charge in [0.1, 0.15) is 18.0 Å². The molecule has 7 nitrogen and oxygen atoms in total. The topological polar surface area (TPSA) is 103 Å². The molecule has 0 atom stereocenters. The smallest absolute Gasteiger partial charge is 0.338 e. The van der Waals surface area contributed by atoms with Crippen molar-refractivity contribution >= 4 is 32.6 Å². The molecule has 1 aromatic heterocycles. The van der Waals surface area contributed by atoms with Crippen molar-refractivity contribution in [2.75, 3.05) is 4.72 Å². The summed E-state index contributed by atoms with van der Waals surface area (Å²) in [5, 5.41) is 0.632. The van der Waals surface area contributed by atoms with Gasteiger partial charge in [0.2, 0.25) is 0 Å². The Labute approximate surface area is 188 Å². The molecule has 33 heavy (non-hydrogen) atoms. The first-order valence-corrected chi connectivity index (χ1v) is 11.3. The molecule has 168 valence electrons. The number of hydrogen-bond donors (Lipinski definition) is 1. The van der Waals surface area contributed by atoms with Gasteiger partial charge in [-0.25, -0.2) is 22.4 Å². The first-order chi connectivity index (χ1) is 15.7. The third-order valence-corrected chi connectivity index (χ3v) is 6.20. The predicted octanol–water partition coefficient (Wildman–Crippen LogP) is 4.40. The number of nitrogens with one attached hydrogen (secondary N) is 1. The van der Waals surface area contributed by atoms with E-state index in [2.05, 4.69) is 4.72 Å². The van der Waals surface area contributed by atoms with E-state index in [0.29, 0.717) is 16.5 Å². The third kappa shape index (κ3) is 5.09. The monoisotopic (exact) mass is 467 g/mol. The van der Waals surface area contributed by atoms with Crippen molar-refractivity contribution in [2.45, 2.75) is 18.4 Å². The largest absolute Gasteiger partial charge is 0.457 e. The van der Waals surface area contributed by atoms with Crippen LogP contribution in [0.5, 0.6) is 0 Å². The van der Waals surface area contributed by atoms with Crippen molar-refractivity contribution in [3.8, 4) is 0 Å². The fraction of sp³-hybridized carbons (Fsp3) is 0.0833. The van der Waals surface area contributed by atoms with Crippen LogP contribution in [0.4, 0.5) is 10.1 Å². The van der Waals surface area contributed by atoms with E-state index in [4.69, 9.17) is 9.15 Å². The quantitative estimate of drug-likeness (QED) is 0.333. The van der Waals surface area contributed by atoms with E-state index in [1.807, 2.05) is 13.0 Å². The summed E-state index contributed by atoms with van der Waals surface area (Å²) in [4.78, 5) is 24.3. The maximum atomic E-state index is 13.1. The highest BCUT2D eigenvalue weighted by molar-refractivity contribution is 7.92. The average Bonchev–Trinajstić information content (AvgIpc) is 2.78. The number of aryl methyl sites for hydroxylation is 1. The van der Waals surface area contributed by atoms with Crippen molar-refractivity contribution in [3.05, 3.63) is 106 Å². The Morgan fingerprint density at radius 3 is 2.55 bits per heavy atom. The van der Waals surface area contributed by atoms with Crippen LogP contribution in [0.15, 0.2) is 86.9 Å². The fourth-order valence-electron chi connectivity index (χ4n) is 3.21. The lowest BCUT2D eigenvalue weighted by Gasteiger charge is -2.10. The molecule has 0 saturated heterocycles. The Morgan fingerprint density at radius 1 is 1.03 bits per heavy atom. The van der Waals surface area contributed by atoms with E-state index in [1.165, 1.54) is 42.5 Å². The summed E-state index contributed by atoms with van der Waals surface area (Å²) in [6.45, 7) is 1.66. The molecule has 0 amide bonds. The Kier molecular flexibility index (Phi) is 5.97. The summed E-state index contributed by atoms with van der Waals surface area (Å²) in [6.07, 6.45) is 0. The second-order valence-corrected chi connectivity index (χ2v) is 8.99. The Morgan fingerprint density at radius 2 is 1.79 bits per heavy atom. The van der Waals surface area contributed by atoms with E-state index in [1.54, 1.807) is 12.1 Å². The molecule has 1 heterocycles. The van der Waals surface area contributed by atoms with Crippen LogP contribution < -0.4 is 10.3 Å². The molecule has 0 saturated carbocycles. The zero-order valence-electron chi connectivity index (χ0n) is 17.4. The molecule has 4 aromatic rings. The number of benzene rings is 3. The van der Waals surface area contributed by atoms with Gasteiger partial charge in [0, 0.05) is 22.7 Å². The molecule has 0 bridgehead atoms. The number of anilines is 1. The molecule has 3 aromatic carbocycles. The van der Waals surface area contributed by atoms with Crippen LogP contribution in [-0.4, -0.2) is 14.4 Å². The van der Waals surface area contributed by atoms with E-state index in [9.17, 15) is 22.4 Å². The molecule has 0 spiro atoms. The molecule has 1 N–H and O–H groups in total. The molecule has 0 aliphatic heterocycles. The predicted molar refractivity (Wildman–Crippen MR) is 120 cm³/mol. The summed E-state index contributed by atoms with van der Waals surface area (Å²) in [5.41, 5.74) is 1.38. The minimum atomic E-state index is -4.02. The Hall–Kier alpha value is -3.98. The molecule has 0 radical (unpaired) electrons. The van der Waals surface area contributed by atoms with E-state index < -0.39 is 27.4 Å². The van der Waals surface area contributed by atoms with Crippen molar-refractivity contribution in [2.24, 2.45) is 0 Å². The highest BCUT2D eigenvalue weighted by atomic mass is 32.2. The Bertz CT molecular complexity index is 1510. The number of hydrogen-bond acceptors (Lipinski definition) is 6. The highest BCUT2D eigenvalue weighted by Gasteiger charge is 2.18. The van der Waals surface area contributed by atoms with Gasteiger partial charge in [0.15, 0.2) is 0 Å². The molecular formula is C24H18FNO6S. The van der Waals surface area contributed by atoms with Gasteiger partial charge < -0.3 is 9.15 Å². The minimum Gasteiger partial charge on any atom is -0.457 e. The second-order valence-electron chi connectivity index (χ2n) is 7.31. The average molecular weight is 467 g/mol. The molecule has 4 rings (SSSR count). The molecule has 9 heteroatoms. The van der Waals surface area contributed by atoms with Crippen molar-refractivity contribution in [1.82, 2.24) is 0 Å². The summed E-state index contributed by atoms with van der Waals surface area (Å²) >= 11 is 0. The third-order valence-electron chi connectivity index (χ3n) is 4.82. The number of halogens is 1. The first-order valence-electron chi connectivity index (χ1n) is 9.80. The van der Waals surface area contributed by atoms with Crippen molar-refractivity contribution < 1.29 is 26.8 Å². The highest BCUT2D eigenvalue weighted by Crippen LogP contribution is 2.21. The summed E-state index contributed by atoms with van der Waals surface area (Å²) < 4.78 is 51.2. The first kappa shape index (κ1) is 22.2. The van der Waals surface area contributed by atoms with Gasteiger partial charge in [0.25, 0.3) is 10.0 Å². The van der Waals surface area contributed by atoms with Crippen LogP contribution in [0.25, 0.3) is 11.0 Å². The van der Waals surface area contributed by atoms with Gasteiger partial charge in [-0.2, -0.15) is 0 Å². The van der Waals surface area contributed by atoms with Crippen LogP contribution in [0.1, 0.15) is 21.5 Å². The number of rotatable bonds is 6. The second kappa shape index (κ2) is 8.87. The molecule has 0 fully saturated rings. The van der Waals surface area contributed by atoms with Gasteiger partial charge in [-0.15, -0.1) is 0 Å². The molecular weight excluding hydrogens is 449 g/mol.